The Labute approximate surface area is 70.2 Å². The van der Waals surface area contributed by atoms with Crippen molar-refractivity contribution in [2.45, 2.75) is 6.92 Å². The molecule has 0 spiro atoms. The van der Waals surface area contributed by atoms with Crippen LogP contribution in [0.4, 0.5) is 0 Å². The summed E-state index contributed by atoms with van der Waals surface area (Å²) in [6.45, 7) is 1.98. The van der Waals surface area contributed by atoms with Gasteiger partial charge in [-0.25, -0.2) is 14.6 Å². The maximum Gasteiger partial charge on any atom is 0.161 e. The van der Waals surface area contributed by atoms with Crippen LogP contribution in [0.1, 0.15) is 5.69 Å². The first-order valence-corrected chi connectivity index (χ1v) is 3.79. The molecule has 4 nitrogen and oxygen atoms in total. The van der Waals surface area contributed by atoms with E-state index in [0.717, 1.165) is 16.7 Å². The van der Waals surface area contributed by atoms with Gasteiger partial charge in [-0.2, -0.15) is 0 Å². The molecule has 2 heterocycles. The van der Waals surface area contributed by atoms with Crippen LogP contribution in [0.25, 0.3) is 11.0 Å². The smallest absolute Gasteiger partial charge is 0.161 e. The maximum atomic E-state index is 4.16. The largest absolute Gasteiger partial charge is 0.328 e. The number of hydrogen-bond acceptors (Lipinski definition) is 3. The summed E-state index contributed by atoms with van der Waals surface area (Å²) in [6, 6.07) is 2.00. The van der Waals surface area contributed by atoms with E-state index in [9.17, 15) is 0 Å². The van der Waals surface area contributed by atoms with Crippen molar-refractivity contribution in [1.29, 1.82) is 0 Å². The zero-order valence-electron chi connectivity index (χ0n) is 7.07. The summed E-state index contributed by atoms with van der Waals surface area (Å²) in [6.07, 6.45) is 3.51. The first-order chi connectivity index (χ1) is 5.83. The summed E-state index contributed by atoms with van der Waals surface area (Å²) >= 11 is 0. The number of fused-ring (bicyclic) bond motifs is 1. The number of nitrogens with zero attached hydrogens (tertiary/aromatic N) is 3. The molecule has 0 bridgehead atoms. The van der Waals surface area contributed by atoms with Gasteiger partial charge in [0.2, 0.25) is 0 Å². The van der Waals surface area contributed by atoms with E-state index in [0.29, 0.717) is 0 Å². The molecule has 0 saturated heterocycles. The fourth-order valence-electron chi connectivity index (χ4n) is 1.26. The van der Waals surface area contributed by atoms with E-state index < -0.39 is 0 Å². The number of aromatic nitrogens is 3. The summed E-state index contributed by atoms with van der Waals surface area (Å²) in [5.41, 5.74) is 4.93. The average molecular weight is 162 g/mol. The molecule has 0 amide bonds. The van der Waals surface area contributed by atoms with Crippen LogP contribution in [0.2, 0.25) is 0 Å². The van der Waals surface area contributed by atoms with Crippen LogP contribution in [0, 0.1) is 6.92 Å². The van der Waals surface area contributed by atoms with Gasteiger partial charge in [-0.15, -0.1) is 0 Å². The van der Waals surface area contributed by atoms with Gasteiger partial charge >= 0.3 is 0 Å². The van der Waals surface area contributed by atoms with Crippen molar-refractivity contribution in [3.05, 3.63) is 24.3 Å². The van der Waals surface area contributed by atoms with Gasteiger partial charge in [-0.1, -0.05) is 0 Å². The quantitative estimate of drug-likeness (QED) is 0.677. The predicted octanol–water partition coefficient (Wildman–Crippen LogP) is 0.913. The van der Waals surface area contributed by atoms with Crippen molar-refractivity contribution >= 4 is 11.0 Å². The Morgan fingerprint density at radius 2 is 2.25 bits per heavy atom. The van der Waals surface area contributed by atoms with E-state index in [1.54, 1.807) is 6.33 Å². The molecule has 2 rings (SSSR count). The SMILES string of the molecule is CNn1ccc2c(C)ncnc21. The van der Waals surface area contributed by atoms with Crippen LogP contribution in [0.3, 0.4) is 0 Å². The number of nitrogens with one attached hydrogen (secondary N) is 1. The first kappa shape index (κ1) is 7.09. The van der Waals surface area contributed by atoms with Crippen molar-refractivity contribution in [2.24, 2.45) is 0 Å². The molecule has 1 N–H and O–H groups in total. The third-order valence-corrected chi connectivity index (χ3v) is 1.92. The van der Waals surface area contributed by atoms with Crippen molar-refractivity contribution in [1.82, 2.24) is 14.6 Å². The van der Waals surface area contributed by atoms with Crippen molar-refractivity contribution in [3.8, 4) is 0 Å². The van der Waals surface area contributed by atoms with Crippen molar-refractivity contribution < 1.29 is 0 Å². The molecule has 2 aromatic heterocycles. The minimum atomic E-state index is 0.921. The monoisotopic (exact) mass is 162 g/mol. The summed E-state index contributed by atoms with van der Waals surface area (Å²) < 4.78 is 1.87. The highest BCUT2D eigenvalue weighted by atomic mass is 15.4. The van der Waals surface area contributed by atoms with Crippen LogP contribution in [-0.2, 0) is 0 Å². The van der Waals surface area contributed by atoms with Crippen LogP contribution in [0.15, 0.2) is 18.6 Å². The Bertz CT molecular complexity index is 404. The van der Waals surface area contributed by atoms with E-state index in [1.807, 2.05) is 30.9 Å². The van der Waals surface area contributed by atoms with Gasteiger partial charge in [0.1, 0.15) is 6.33 Å². The zero-order valence-corrected chi connectivity index (χ0v) is 7.07. The second kappa shape index (κ2) is 2.48. The summed E-state index contributed by atoms with van der Waals surface area (Å²) in [7, 11) is 1.86. The fourth-order valence-corrected chi connectivity index (χ4v) is 1.26. The number of rotatable bonds is 1. The Morgan fingerprint density at radius 1 is 1.42 bits per heavy atom. The van der Waals surface area contributed by atoms with E-state index in [1.165, 1.54) is 0 Å². The van der Waals surface area contributed by atoms with Gasteiger partial charge < -0.3 is 5.43 Å². The molecule has 0 radical (unpaired) electrons. The van der Waals surface area contributed by atoms with E-state index in [-0.39, 0.29) is 0 Å². The van der Waals surface area contributed by atoms with Crippen molar-refractivity contribution in [2.75, 3.05) is 12.5 Å². The van der Waals surface area contributed by atoms with Crippen LogP contribution in [0.5, 0.6) is 0 Å². The second-order valence-corrected chi connectivity index (χ2v) is 2.61. The van der Waals surface area contributed by atoms with Gasteiger partial charge in [-0.3, -0.25) is 0 Å². The van der Waals surface area contributed by atoms with Crippen molar-refractivity contribution in [3.63, 3.8) is 0 Å². The van der Waals surface area contributed by atoms with Gasteiger partial charge in [0.15, 0.2) is 5.65 Å². The second-order valence-electron chi connectivity index (χ2n) is 2.61. The molecule has 0 aromatic carbocycles. The van der Waals surface area contributed by atoms with Crippen LogP contribution < -0.4 is 5.43 Å². The topological polar surface area (TPSA) is 42.7 Å². The highest BCUT2D eigenvalue weighted by molar-refractivity contribution is 5.78. The first-order valence-electron chi connectivity index (χ1n) is 3.79. The normalized spacial score (nSPS) is 10.5. The molecule has 12 heavy (non-hydrogen) atoms. The van der Waals surface area contributed by atoms with Gasteiger partial charge in [-0.05, 0) is 13.0 Å². The van der Waals surface area contributed by atoms with E-state index in [2.05, 4.69) is 15.4 Å². The minimum absolute atomic E-state index is 0.921. The summed E-state index contributed by atoms with van der Waals surface area (Å²) in [5.74, 6) is 0. The predicted molar refractivity (Wildman–Crippen MR) is 47.5 cm³/mol. The molecule has 2 aromatic rings. The number of hydrogen-bond donors (Lipinski definition) is 1. The highest BCUT2D eigenvalue weighted by Gasteiger charge is 2.02. The third-order valence-electron chi connectivity index (χ3n) is 1.92. The average Bonchev–Trinajstić information content (AvgIpc) is 2.49. The summed E-state index contributed by atoms with van der Waals surface area (Å²) in [5, 5.41) is 1.09. The summed E-state index contributed by atoms with van der Waals surface area (Å²) in [4.78, 5) is 8.26. The molecule has 0 fully saturated rings. The van der Waals surface area contributed by atoms with Gasteiger partial charge in [0, 0.05) is 18.6 Å². The molecule has 0 unspecified atom stereocenters. The lowest BCUT2D eigenvalue weighted by Crippen LogP contribution is -2.07. The Kier molecular flexibility index (Phi) is 1.46. The zero-order chi connectivity index (χ0) is 8.55. The molecule has 0 aliphatic carbocycles. The molecule has 0 atom stereocenters. The molecular formula is C8H10N4. The Hall–Kier alpha value is -1.58. The highest BCUT2D eigenvalue weighted by Crippen LogP contribution is 2.13. The van der Waals surface area contributed by atoms with Gasteiger partial charge in [0.05, 0.1) is 5.69 Å². The maximum absolute atomic E-state index is 4.16. The molecular weight excluding hydrogens is 152 g/mol. The molecule has 0 saturated carbocycles. The molecule has 4 heteroatoms. The fraction of sp³-hybridized carbons (Fsp3) is 0.250. The van der Waals surface area contributed by atoms with E-state index in [4.69, 9.17) is 0 Å². The lowest BCUT2D eigenvalue weighted by atomic mass is 10.3. The van der Waals surface area contributed by atoms with Crippen LogP contribution in [-0.4, -0.2) is 21.7 Å². The number of aryl methyl sites for hydroxylation is 1. The third kappa shape index (κ3) is 0.845. The molecule has 0 aliphatic rings. The molecule has 62 valence electrons. The van der Waals surface area contributed by atoms with Crippen LogP contribution >= 0.6 is 0 Å². The standard InChI is InChI=1S/C8H10N4/c1-6-7-3-4-12(9-2)8(7)11-5-10-6/h3-5,9H,1-2H3. The minimum Gasteiger partial charge on any atom is -0.328 e. The lowest BCUT2D eigenvalue weighted by molar-refractivity contribution is 0.949. The molecule has 0 aliphatic heterocycles. The Balaban J connectivity index is 2.80. The lowest BCUT2D eigenvalue weighted by Gasteiger charge is -2.01. The van der Waals surface area contributed by atoms with Gasteiger partial charge in [0.25, 0.3) is 0 Å². The van der Waals surface area contributed by atoms with E-state index >= 15 is 0 Å². The Morgan fingerprint density at radius 3 is 3.00 bits per heavy atom.